The summed E-state index contributed by atoms with van der Waals surface area (Å²) in [6.07, 6.45) is -9.82. The normalized spacial score (nSPS) is 18.2. The molecular weight excluding hydrogens is 360 g/mol. The van der Waals surface area contributed by atoms with Crippen molar-refractivity contribution in [2.75, 3.05) is 6.54 Å². The molecule has 8 heteroatoms. The SMILES string of the molecule is FC(F)(F)c1cc(C2=NCC[C@@H](c3ccccc3)O2)cc(C(F)(F)F)c1. The fraction of sp³-hybridized carbons (Fsp3) is 0.278. The van der Waals surface area contributed by atoms with Crippen LogP contribution in [0.15, 0.2) is 53.5 Å². The van der Waals surface area contributed by atoms with Crippen LogP contribution in [-0.2, 0) is 17.1 Å². The van der Waals surface area contributed by atoms with E-state index >= 15 is 0 Å². The average Bonchev–Trinajstić information content (AvgIpc) is 2.61. The maximum Gasteiger partial charge on any atom is 0.416 e. The molecule has 0 fully saturated rings. The van der Waals surface area contributed by atoms with Gasteiger partial charge in [-0.2, -0.15) is 26.3 Å². The third-order valence-corrected chi connectivity index (χ3v) is 3.91. The lowest BCUT2D eigenvalue weighted by Gasteiger charge is -2.25. The Morgan fingerprint density at radius 2 is 1.42 bits per heavy atom. The zero-order valence-corrected chi connectivity index (χ0v) is 13.2. The van der Waals surface area contributed by atoms with Gasteiger partial charge in [0.25, 0.3) is 0 Å². The fourth-order valence-corrected chi connectivity index (χ4v) is 2.65. The van der Waals surface area contributed by atoms with Gasteiger partial charge in [0.15, 0.2) is 0 Å². The van der Waals surface area contributed by atoms with Crippen LogP contribution in [0.3, 0.4) is 0 Å². The summed E-state index contributed by atoms with van der Waals surface area (Å²) < 4.78 is 83.6. The van der Waals surface area contributed by atoms with E-state index in [2.05, 4.69) is 4.99 Å². The van der Waals surface area contributed by atoms with Gasteiger partial charge in [-0.1, -0.05) is 30.3 Å². The third kappa shape index (κ3) is 4.00. The number of halogens is 6. The molecule has 0 amide bonds. The van der Waals surface area contributed by atoms with E-state index in [0.29, 0.717) is 18.6 Å². The van der Waals surface area contributed by atoms with Crippen LogP contribution >= 0.6 is 0 Å². The summed E-state index contributed by atoms with van der Waals surface area (Å²) in [7, 11) is 0. The van der Waals surface area contributed by atoms with Crippen molar-refractivity contribution in [2.45, 2.75) is 24.9 Å². The first-order valence-electron chi connectivity index (χ1n) is 7.70. The molecule has 1 heterocycles. The summed E-state index contributed by atoms with van der Waals surface area (Å²) in [6.45, 7) is 0.243. The van der Waals surface area contributed by atoms with E-state index in [1.807, 2.05) is 0 Å². The molecule has 0 bridgehead atoms. The first-order valence-corrected chi connectivity index (χ1v) is 7.70. The van der Waals surface area contributed by atoms with Crippen LogP contribution in [0.25, 0.3) is 0 Å². The Hall–Kier alpha value is -2.51. The molecule has 0 saturated heterocycles. The van der Waals surface area contributed by atoms with Crippen LogP contribution in [0.1, 0.15) is 34.8 Å². The maximum atomic E-state index is 13.0. The van der Waals surface area contributed by atoms with Crippen molar-refractivity contribution in [1.82, 2.24) is 0 Å². The van der Waals surface area contributed by atoms with Gasteiger partial charge < -0.3 is 4.74 Å². The average molecular weight is 373 g/mol. The van der Waals surface area contributed by atoms with Crippen molar-refractivity contribution in [1.29, 1.82) is 0 Å². The van der Waals surface area contributed by atoms with Gasteiger partial charge in [-0.3, -0.25) is 4.99 Å². The highest BCUT2D eigenvalue weighted by molar-refractivity contribution is 5.95. The fourth-order valence-electron chi connectivity index (χ4n) is 2.65. The summed E-state index contributed by atoms with van der Waals surface area (Å²) in [6, 6.07) is 10.2. The predicted octanol–water partition coefficient (Wildman–Crippen LogP) is 5.63. The number of nitrogens with zero attached hydrogens (tertiary/aromatic N) is 1. The Kier molecular flexibility index (Phi) is 4.68. The van der Waals surface area contributed by atoms with Crippen molar-refractivity contribution in [3.05, 3.63) is 70.8 Å². The molecule has 0 N–H and O–H groups in total. The molecule has 2 nitrogen and oxygen atoms in total. The number of hydrogen-bond donors (Lipinski definition) is 0. The first kappa shape index (κ1) is 18.3. The van der Waals surface area contributed by atoms with Crippen molar-refractivity contribution < 1.29 is 31.1 Å². The van der Waals surface area contributed by atoms with Gasteiger partial charge in [-0.15, -0.1) is 0 Å². The Balaban J connectivity index is 1.99. The molecule has 0 spiro atoms. The molecule has 0 aliphatic carbocycles. The van der Waals surface area contributed by atoms with Gasteiger partial charge in [0.05, 0.1) is 11.1 Å². The number of rotatable bonds is 2. The second kappa shape index (κ2) is 6.66. The minimum absolute atomic E-state index is 0.0849. The molecule has 138 valence electrons. The number of aliphatic imine (C=N–C) groups is 1. The highest BCUT2D eigenvalue weighted by Crippen LogP contribution is 2.37. The summed E-state index contributed by atoms with van der Waals surface area (Å²) >= 11 is 0. The highest BCUT2D eigenvalue weighted by atomic mass is 19.4. The van der Waals surface area contributed by atoms with E-state index in [-0.39, 0.29) is 24.1 Å². The summed E-state index contributed by atoms with van der Waals surface area (Å²) in [5, 5.41) is 0. The zero-order valence-electron chi connectivity index (χ0n) is 13.2. The molecule has 2 aromatic rings. The number of ether oxygens (including phenoxy) is 1. The van der Waals surface area contributed by atoms with E-state index in [9.17, 15) is 26.3 Å². The second-order valence-electron chi connectivity index (χ2n) is 5.79. The van der Waals surface area contributed by atoms with Crippen molar-refractivity contribution in [3.63, 3.8) is 0 Å². The van der Waals surface area contributed by atoms with E-state index in [4.69, 9.17) is 4.74 Å². The minimum Gasteiger partial charge on any atom is -0.469 e. The smallest absolute Gasteiger partial charge is 0.416 e. The van der Waals surface area contributed by atoms with Crippen LogP contribution < -0.4 is 0 Å². The first-order chi connectivity index (χ1) is 12.1. The van der Waals surface area contributed by atoms with Crippen LogP contribution in [-0.4, -0.2) is 12.4 Å². The Bertz CT molecular complexity index is 778. The molecule has 1 aliphatic rings. The standard InChI is InChI=1S/C18H13F6NO/c19-17(20,21)13-8-12(9-14(10-13)18(22,23)24)16-25-7-6-15(26-16)11-4-2-1-3-5-11/h1-5,8-10,15H,6-7H2/t15-/m0/s1. The highest BCUT2D eigenvalue weighted by Gasteiger charge is 2.37. The molecule has 2 aromatic carbocycles. The van der Waals surface area contributed by atoms with Crippen LogP contribution in [0.4, 0.5) is 26.3 Å². The minimum atomic E-state index is -4.91. The molecule has 0 aromatic heterocycles. The Morgan fingerprint density at radius 3 is 1.96 bits per heavy atom. The Labute approximate surface area is 145 Å². The van der Waals surface area contributed by atoms with Crippen molar-refractivity contribution >= 4 is 5.90 Å². The van der Waals surface area contributed by atoms with Gasteiger partial charge in [-0.25, -0.2) is 0 Å². The molecule has 1 aliphatic heterocycles. The third-order valence-electron chi connectivity index (χ3n) is 3.91. The second-order valence-corrected chi connectivity index (χ2v) is 5.79. The molecule has 0 radical (unpaired) electrons. The van der Waals surface area contributed by atoms with E-state index < -0.39 is 29.6 Å². The summed E-state index contributed by atoms with van der Waals surface area (Å²) in [4.78, 5) is 3.98. The summed E-state index contributed by atoms with van der Waals surface area (Å²) in [5.41, 5.74) is -2.35. The van der Waals surface area contributed by atoms with Gasteiger partial charge >= 0.3 is 12.4 Å². The Morgan fingerprint density at radius 1 is 0.846 bits per heavy atom. The lowest BCUT2D eigenvalue weighted by molar-refractivity contribution is -0.143. The van der Waals surface area contributed by atoms with E-state index in [1.54, 1.807) is 30.3 Å². The molecule has 3 rings (SSSR count). The van der Waals surface area contributed by atoms with Gasteiger partial charge in [-0.05, 0) is 23.8 Å². The number of benzene rings is 2. The lowest BCUT2D eigenvalue weighted by Crippen LogP contribution is -2.21. The van der Waals surface area contributed by atoms with E-state index in [0.717, 1.165) is 5.56 Å². The number of hydrogen-bond acceptors (Lipinski definition) is 2. The molecule has 0 saturated carbocycles. The predicted molar refractivity (Wildman–Crippen MR) is 82.7 cm³/mol. The summed E-state index contributed by atoms with van der Waals surface area (Å²) in [5.74, 6) is -0.221. The molecule has 1 atom stereocenters. The zero-order chi connectivity index (χ0) is 18.9. The van der Waals surface area contributed by atoms with Gasteiger partial charge in [0.2, 0.25) is 5.90 Å². The van der Waals surface area contributed by atoms with Crippen molar-refractivity contribution in [2.24, 2.45) is 4.99 Å². The lowest BCUT2D eigenvalue weighted by atomic mass is 10.0. The van der Waals surface area contributed by atoms with Crippen LogP contribution in [0.5, 0.6) is 0 Å². The van der Waals surface area contributed by atoms with Crippen LogP contribution in [0.2, 0.25) is 0 Å². The maximum absolute atomic E-state index is 13.0. The molecule has 26 heavy (non-hydrogen) atoms. The number of alkyl halides is 6. The quantitative estimate of drug-likeness (QED) is 0.625. The monoisotopic (exact) mass is 373 g/mol. The molecule has 0 unspecified atom stereocenters. The van der Waals surface area contributed by atoms with Gasteiger partial charge in [0, 0.05) is 18.5 Å². The largest absolute Gasteiger partial charge is 0.469 e. The van der Waals surface area contributed by atoms with Gasteiger partial charge in [0.1, 0.15) is 6.10 Å². The van der Waals surface area contributed by atoms with Crippen LogP contribution in [0, 0.1) is 0 Å². The molecular formula is C18H13F6NO. The topological polar surface area (TPSA) is 21.6 Å². The van der Waals surface area contributed by atoms with E-state index in [1.165, 1.54) is 0 Å². The van der Waals surface area contributed by atoms with Crippen molar-refractivity contribution in [3.8, 4) is 0 Å².